The molecular formula is C15H16N3O4+. The molecule has 0 bridgehead atoms. The number of anilines is 2. The maximum atomic E-state index is 12.0. The molecule has 0 unspecified atom stereocenters. The van der Waals surface area contributed by atoms with Crippen LogP contribution in [0, 0.1) is 0 Å². The van der Waals surface area contributed by atoms with Crippen LogP contribution in [-0.2, 0) is 16.1 Å². The molecule has 0 saturated carbocycles. The van der Waals surface area contributed by atoms with Gasteiger partial charge in [0.15, 0.2) is 12.4 Å². The molecule has 7 heteroatoms. The van der Waals surface area contributed by atoms with Crippen LogP contribution in [0.2, 0.25) is 0 Å². The first-order chi connectivity index (χ1) is 10.6. The smallest absolute Gasteiger partial charge is 0.411 e. The van der Waals surface area contributed by atoms with E-state index in [2.05, 4.69) is 10.1 Å². The Morgan fingerprint density at radius 3 is 2.41 bits per heavy atom. The highest BCUT2D eigenvalue weighted by molar-refractivity contribution is 5.90. The lowest BCUT2D eigenvalue weighted by molar-refractivity contribution is -0.684. The fraction of sp³-hybridized carbons (Fsp3) is 0.133. The standard InChI is InChI=1S/C15H15N3O4/c1-22-15(20)16-12-5-7-13(8-6-12)18(21)14(19)11-17-9-3-2-4-10-17/h2-10,21H,11H2,1H3/p+1. The molecule has 2 rings (SSSR count). The molecule has 7 nitrogen and oxygen atoms in total. The van der Waals surface area contributed by atoms with Gasteiger partial charge < -0.3 is 4.74 Å². The minimum absolute atomic E-state index is 0.0134. The van der Waals surface area contributed by atoms with Crippen LogP contribution in [0.25, 0.3) is 0 Å². The van der Waals surface area contributed by atoms with Gasteiger partial charge in [0.2, 0.25) is 6.54 Å². The lowest BCUT2D eigenvalue weighted by Crippen LogP contribution is -2.43. The normalized spacial score (nSPS) is 9.91. The zero-order chi connectivity index (χ0) is 15.9. The first kappa shape index (κ1) is 15.5. The molecule has 0 atom stereocenters. The fourth-order valence-electron chi connectivity index (χ4n) is 1.76. The Bertz CT molecular complexity index is 644. The summed E-state index contributed by atoms with van der Waals surface area (Å²) in [6.45, 7) is 0.0134. The maximum Gasteiger partial charge on any atom is 0.411 e. The summed E-state index contributed by atoms with van der Waals surface area (Å²) in [6, 6.07) is 11.6. The number of pyridine rings is 1. The van der Waals surface area contributed by atoms with Crippen molar-refractivity contribution in [2.75, 3.05) is 17.5 Å². The molecule has 0 spiro atoms. The van der Waals surface area contributed by atoms with Crippen LogP contribution in [0.3, 0.4) is 0 Å². The Balaban J connectivity index is 2.01. The molecular weight excluding hydrogens is 286 g/mol. The SMILES string of the molecule is COC(=O)Nc1ccc(N(O)C(=O)C[n+]2ccccc2)cc1. The number of nitrogens with zero attached hydrogens (tertiary/aromatic N) is 2. The van der Waals surface area contributed by atoms with Gasteiger partial charge in [-0.15, -0.1) is 0 Å². The van der Waals surface area contributed by atoms with Crippen molar-refractivity contribution in [3.05, 3.63) is 54.9 Å². The fourth-order valence-corrected chi connectivity index (χ4v) is 1.76. The zero-order valence-corrected chi connectivity index (χ0v) is 12.0. The number of benzene rings is 1. The van der Waals surface area contributed by atoms with Crippen molar-refractivity contribution >= 4 is 23.4 Å². The molecule has 0 fully saturated rings. The monoisotopic (exact) mass is 302 g/mol. The number of nitrogens with one attached hydrogen (secondary N) is 1. The van der Waals surface area contributed by atoms with Gasteiger partial charge in [-0.1, -0.05) is 6.07 Å². The first-order valence-corrected chi connectivity index (χ1v) is 6.51. The van der Waals surface area contributed by atoms with Gasteiger partial charge in [-0.05, 0) is 24.3 Å². The summed E-state index contributed by atoms with van der Waals surface area (Å²) < 4.78 is 6.12. The topological polar surface area (TPSA) is 82.8 Å². The second kappa shape index (κ2) is 7.19. The van der Waals surface area contributed by atoms with Crippen molar-refractivity contribution in [1.29, 1.82) is 0 Å². The Morgan fingerprint density at radius 2 is 1.82 bits per heavy atom. The number of aromatic nitrogens is 1. The van der Waals surface area contributed by atoms with E-state index >= 15 is 0 Å². The minimum Gasteiger partial charge on any atom is -0.453 e. The van der Waals surface area contributed by atoms with Gasteiger partial charge in [-0.25, -0.2) is 4.79 Å². The number of ether oxygens (including phenoxy) is 1. The predicted octanol–water partition coefficient (Wildman–Crippen LogP) is 1.57. The molecule has 114 valence electrons. The number of hydrogen-bond donors (Lipinski definition) is 2. The molecule has 2 N–H and O–H groups in total. The summed E-state index contributed by atoms with van der Waals surface area (Å²) in [7, 11) is 1.26. The molecule has 2 aromatic rings. The number of carbonyl (C=O) groups is 2. The molecule has 0 aliphatic heterocycles. The lowest BCUT2D eigenvalue weighted by atomic mass is 10.2. The molecule has 2 amide bonds. The third-order valence-corrected chi connectivity index (χ3v) is 2.88. The van der Waals surface area contributed by atoms with E-state index in [4.69, 9.17) is 0 Å². The second-order valence-electron chi connectivity index (χ2n) is 4.42. The van der Waals surface area contributed by atoms with Gasteiger partial charge in [-0.3, -0.25) is 15.3 Å². The van der Waals surface area contributed by atoms with Crippen LogP contribution >= 0.6 is 0 Å². The highest BCUT2D eigenvalue weighted by Crippen LogP contribution is 2.17. The van der Waals surface area contributed by atoms with Crippen molar-refractivity contribution in [3.8, 4) is 0 Å². The number of rotatable bonds is 4. The number of carbonyl (C=O) groups excluding carboxylic acids is 2. The van der Waals surface area contributed by atoms with E-state index in [1.54, 1.807) is 41.2 Å². The van der Waals surface area contributed by atoms with Crippen molar-refractivity contribution in [2.45, 2.75) is 6.54 Å². The van der Waals surface area contributed by atoms with Crippen LogP contribution < -0.4 is 14.9 Å². The van der Waals surface area contributed by atoms with E-state index in [0.29, 0.717) is 16.4 Å². The van der Waals surface area contributed by atoms with Crippen molar-refractivity contribution in [2.24, 2.45) is 0 Å². The average Bonchev–Trinajstić information content (AvgIpc) is 2.55. The molecule has 0 aliphatic rings. The molecule has 0 saturated heterocycles. The second-order valence-corrected chi connectivity index (χ2v) is 4.42. The zero-order valence-electron chi connectivity index (χ0n) is 12.0. The summed E-state index contributed by atoms with van der Waals surface area (Å²) in [6.07, 6.45) is 2.87. The maximum absolute atomic E-state index is 12.0. The largest absolute Gasteiger partial charge is 0.453 e. The number of hydroxylamine groups is 1. The Kier molecular flexibility index (Phi) is 5.05. The van der Waals surface area contributed by atoms with Crippen LogP contribution in [-0.4, -0.2) is 24.3 Å². The predicted molar refractivity (Wildman–Crippen MR) is 78.4 cm³/mol. The van der Waals surface area contributed by atoms with Crippen LogP contribution in [0.15, 0.2) is 54.9 Å². The third-order valence-electron chi connectivity index (χ3n) is 2.88. The van der Waals surface area contributed by atoms with E-state index < -0.39 is 12.0 Å². The highest BCUT2D eigenvalue weighted by Gasteiger charge is 2.17. The van der Waals surface area contributed by atoms with E-state index in [1.807, 2.05) is 6.07 Å². The first-order valence-electron chi connectivity index (χ1n) is 6.51. The van der Waals surface area contributed by atoms with Crippen molar-refractivity contribution in [3.63, 3.8) is 0 Å². The molecule has 0 aliphatic carbocycles. The Labute approximate surface area is 127 Å². The minimum atomic E-state index is -0.592. The van der Waals surface area contributed by atoms with Gasteiger partial charge in [0.25, 0.3) is 0 Å². The molecule has 22 heavy (non-hydrogen) atoms. The average molecular weight is 302 g/mol. The molecule has 1 aromatic carbocycles. The van der Waals surface area contributed by atoms with E-state index in [9.17, 15) is 14.8 Å². The number of amides is 2. The third kappa shape index (κ3) is 4.03. The van der Waals surface area contributed by atoms with E-state index in [-0.39, 0.29) is 6.54 Å². The Hall–Kier alpha value is -2.93. The summed E-state index contributed by atoms with van der Waals surface area (Å²) >= 11 is 0. The quantitative estimate of drug-likeness (QED) is 0.510. The Morgan fingerprint density at radius 1 is 1.18 bits per heavy atom. The summed E-state index contributed by atoms with van der Waals surface area (Å²) in [5.41, 5.74) is 0.797. The van der Waals surface area contributed by atoms with E-state index in [1.165, 1.54) is 19.2 Å². The highest BCUT2D eigenvalue weighted by atomic mass is 16.5. The lowest BCUT2D eigenvalue weighted by Gasteiger charge is -2.13. The van der Waals surface area contributed by atoms with Crippen molar-refractivity contribution in [1.82, 2.24) is 0 Å². The van der Waals surface area contributed by atoms with Crippen molar-refractivity contribution < 1.29 is 24.1 Å². The van der Waals surface area contributed by atoms with Gasteiger partial charge in [0, 0.05) is 17.8 Å². The molecule has 1 heterocycles. The van der Waals surface area contributed by atoms with Crippen LogP contribution in [0.4, 0.5) is 16.2 Å². The van der Waals surface area contributed by atoms with Crippen LogP contribution in [0.5, 0.6) is 0 Å². The van der Waals surface area contributed by atoms with Gasteiger partial charge in [0.05, 0.1) is 12.8 Å². The van der Waals surface area contributed by atoms with Gasteiger partial charge in [0.1, 0.15) is 0 Å². The van der Waals surface area contributed by atoms with Crippen LogP contribution in [0.1, 0.15) is 0 Å². The summed E-state index contributed by atoms with van der Waals surface area (Å²) in [5.74, 6) is -0.482. The summed E-state index contributed by atoms with van der Waals surface area (Å²) in [5, 5.41) is 13.0. The number of hydrogen-bond acceptors (Lipinski definition) is 4. The number of methoxy groups -OCH3 is 1. The molecule has 0 radical (unpaired) electrons. The summed E-state index contributed by atoms with van der Waals surface area (Å²) in [4.78, 5) is 23.0. The van der Waals surface area contributed by atoms with E-state index in [0.717, 1.165) is 0 Å². The van der Waals surface area contributed by atoms with Gasteiger partial charge >= 0.3 is 12.0 Å². The van der Waals surface area contributed by atoms with Gasteiger partial charge in [-0.2, -0.15) is 9.63 Å². The molecule has 1 aromatic heterocycles.